The first kappa shape index (κ1) is 14.6. The molecule has 4 heteroatoms. The fraction of sp³-hybridized carbons (Fsp3) is 0.571. The van der Waals surface area contributed by atoms with E-state index in [1.807, 2.05) is 32.0 Å². The first-order valence-corrected chi connectivity index (χ1v) is 6.50. The maximum Gasteiger partial charge on any atom is 0.123 e. The van der Waals surface area contributed by atoms with E-state index in [9.17, 15) is 0 Å². The van der Waals surface area contributed by atoms with Crippen molar-refractivity contribution in [2.24, 2.45) is 0 Å². The summed E-state index contributed by atoms with van der Waals surface area (Å²) in [6, 6.07) is 5.70. The molecule has 0 amide bonds. The highest BCUT2D eigenvalue weighted by atomic mass is 16.5. The van der Waals surface area contributed by atoms with Crippen LogP contribution in [0.15, 0.2) is 18.2 Å². The molecule has 0 fully saturated rings. The summed E-state index contributed by atoms with van der Waals surface area (Å²) in [7, 11) is 0. The van der Waals surface area contributed by atoms with Gasteiger partial charge in [-0.3, -0.25) is 0 Å². The number of benzene rings is 1. The van der Waals surface area contributed by atoms with Crippen LogP contribution in [0.1, 0.15) is 27.2 Å². The van der Waals surface area contributed by atoms with Gasteiger partial charge < -0.3 is 20.5 Å². The number of nitrogen functional groups attached to an aromatic ring is 1. The maximum absolute atomic E-state index is 5.83. The molecule has 1 aromatic carbocycles. The van der Waals surface area contributed by atoms with E-state index in [0.29, 0.717) is 18.9 Å². The highest BCUT2D eigenvalue weighted by Crippen LogP contribution is 2.22. The molecule has 102 valence electrons. The van der Waals surface area contributed by atoms with E-state index in [-0.39, 0.29) is 6.10 Å². The van der Waals surface area contributed by atoms with Crippen LogP contribution in [0.2, 0.25) is 0 Å². The van der Waals surface area contributed by atoms with Gasteiger partial charge in [0.2, 0.25) is 0 Å². The van der Waals surface area contributed by atoms with Gasteiger partial charge in [-0.2, -0.15) is 0 Å². The predicted octanol–water partition coefficient (Wildman–Crippen LogP) is 2.89. The summed E-state index contributed by atoms with van der Waals surface area (Å²) in [6.45, 7) is 8.27. The van der Waals surface area contributed by atoms with Crippen LogP contribution in [0, 0.1) is 0 Å². The summed E-state index contributed by atoms with van der Waals surface area (Å²) in [5, 5.41) is 3.27. The van der Waals surface area contributed by atoms with Crippen molar-refractivity contribution in [1.29, 1.82) is 0 Å². The van der Waals surface area contributed by atoms with E-state index in [4.69, 9.17) is 15.2 Å². The Kier molecular flexibility index (Phi) is 6.36. The third-order valence-corrected chi connectivity index (χ3v) is 2.28. The largest absolute Gasteiger partial charge is 0.493 e. The van der Waals surface area contributed by atoms with Gasteiger partial charge in [-0.05, 0) is 26.3 Å². The van der Waals surface area contributed by atoms with Gasteiger partial charge in [0.1, 0.15) is 5.75 Å². The van der Waals surface area contributed by atoms with Gasteiger partial charge in [-0.25, -0.2) is 0 Å². The minimum atomic E-state index is 0.260. The summed E-state index contributed by atoms with van der Waals surface area (Å²) < 4.78 is 11.0. The Hall–Kier alpha value is -1.42. The molecule has 4 nitrogen and oxygen atoms in total. The molecule has 0 heterocycles. The van der Waals surface area contributed by atoms with Crippen molar-refractivity contribution in [3.8, 4) is 5.75 Å². The van der Waals surface area contributed by atoms with Crippen LogP contribution < -0.4 is 15.8 Å². The topological polar surface area (TPSA) is 56.5 Å². The van der Waals surface area contributed by atoms with Gasteiger partial charge in [-0.15, -0.1) is 0 Å². The molecule has 0 saturated carbocycles. The molecular formula is C14H24N2O2. The number of anilines is 2. The molecule has 0 saturated heterocycles. The van der Waals surface area contributed by atoms with Crippen molar-refractivity contribution in [1.82, 2.24) is 0 Å². The third kappa shape index (κ3) is 5.77. The zero-order valence-corrected chi connectivity index (χ0v) is 11.5. The molecule has 0 aliphatic heterocycles. The normalized spacial score (nSPS) is 10.7. The molecule has 0 radical (unpaired) electrons. The highest BCUT2D eigenvalue weighted by Gasteiger charge is 2.00. The Bertz CT molecular complexity index is 354. The van der Waals surface area contributed by atoms with Crippen molar-refractivity contribution >= 4 is 11.4 Å². The first-order valence-electron chi connectivity index (χ1n) is 6.50. The summed E-state index contributed by atoms with van der Waals surface area (Å²) in [4.78, 5) is 0. The van der Waals surface area contributed by atoms with Crippen LogP contribution in [0.3, 0.4) is 0 Å². The number of hydrogen-bond donors (Lipinski definition) is 2. The molecule has 0 aliphatic rings. The molecule has 18 heavy (non-hydrogen) atoms. The molecule has 0 aromatic heterocycles. The minimum Gasteiger partial charge on any atom is -0.493 e. The smallest absolute Gasteiger partial charge is 0.123 e. The zero-order chi connectivity index (χ0) is 13.4. The van der Waals surface area contributed by atoms with Crippen LogP contribution in [-0.4, -0.2) is 25.9 Å². The molecule has 1 aromatic rings. The Labute approximate surface area is 109 Å². The lowest BCUT2D eigenvalue weighted by Gasteiger charge is -2.12. The Morgan fingerprint density at radius 1 is 1.22 bits per heavy atom. The number of nitrogens with two attached hydrogens (primary N) is 1. The summed E-state index contributed by atoms with van der Waals surface area (Å²) in [6.07, 6.45) is 1.25. The van der Waals surface area contributed by atoms with Gasteiger partial charge in [0.25, 0.3) is 0 Å². The molecule has 1 rings (SSSR count). The fourth-order valence-electron chi connectivity index (χ4n) is 1.52. The molecule has 3 N–H and O–H groups in total. The van der Waals surface area contributed by atoms with E-state index in [1.54, 1.807) is 0 Å². The van der Waals surface area contributed by atoms with Crippen molar-refractivity contribution < 1.29 is 9.47 Å². The molecule has 0 unspecified atom stereocenters. The summed E-state index contributed by atoms with van der Waals surface area (Å²) >= 11 is 0. The lowest BCUT2D eigenvalue weighted by atomic mass is 10.2. The Balaban J connectivity index is 2.46. The number of hydrogen-bond acceptors (Lipinski definition) is 4. The van der Waals surface area contributed by atoms with Gasteiger partial charge >= 0.3 is 0 Å². The van der Waals surface area contributed by atoms with Crippen molar-refractivity contribution in [3.05, 3.63) is 18.2 Å². The van der Waals surface area contributed by atoms with Gasteiger partial charge in [-0.1, -0.05) is 6.92 Å². The lowest BCUT2D eigenvalue weighted by Crippen LogP contribution is -2.13. The van der Waals surface area contributed by atoms with E-state index >= 15 is 0 Å². The van der Waals surface area contributed by atoms with Crippen molar-refractivity contribution in [2.75, 3.05) is 30.8 Å². The van der Waals surface area contributed by atoms with Gasteiger partial charge in [0.15, 0.2) is 0 Å². The van der Waals surface area contributed by atoms with Crippen LogP contribution in [0.5, 0.6) is 5.75 Å². The Morgan fingerprint density at radius 3 is 2.67 bits per heavy atom. The second kappa shape index (κ2) is 7.82. The van der Waals surface area contributed by atoms with E-state index in [2.05, 4.69) is 12.2 Å². The number of ether oxygens (including phenoxy) is 2. The molecular weight excluding hydrogens is 228 g/mol. The van der Waals surface area contributed by atoms with E-state index in [1.165, 1.54) is 0 Å². The van der Waals surface area contributed by atoms with E-state index in [0.717, 1.165) is 24.4 Å². The zero-order valence-electron chi connectivity index (χ0n) is 11.5. The third-order valence-electron chi connectivity index (χ3n) is 2.28. The SMILES string of the molecule is CCCOc1cc(N)cc(NCCOC(C)C)c1. The number of nitrogens with one attached hydrogen (secondary N) is 1. The van der Waals surface area contributed by atoms with Crippen LogP contribution in [-0.2, 0) is 4.74 Å². The standard InChI is InChI=1S/C14H24N2O2/c1-4-6-18-14-9-12(15)8-13(10-14)16-5-7-17-11(2)3/h8-11,16H,4-7,15H2,1-3H3. The fourth-order valence-corrected chi connectivity index (χ4v) is 1.52. The van der Waals surface area contributed by atoms with Gasteiger partial charge in [0, 0.05) is 30.1 Å². The Morgan fingerprint density at radius 2 is 2.00 bits per heavy atom. The molecule has 0 atom stereocenters. The summed E-state index contributed by atoms with van der Waals surface area (Å²) in [5.41, 5.74) is 7.50. The van der Waals surface area contributed by atoms with E-state index < -0.39 is 0 Å². The second-order valence-electron chi connectivity index (χ2n) is 4.49. The predicted molar refractivity (Wildman–Crippen MR) is 76.2 cm³/mol. The number of rotatable bonds is 8. The van der Waals surface area contributed by atoms with Gasteiger partial charge in [0.05, 0.1) is 19.3 Å². The van der Waals surface area contributed by atoms with Crippen LogP contribution in [0.25, 0.3) is 0 Å². The molecule has 0 aliphatic carbocycles. The van der Waals surface area contributed by atoms with Crippen LogP contribution in [0.4, 0.5) is 11.4 Å². The average Bonchev–Trinajstić information content (AvgIpc) is 2.31. The van der Waals surface area contributed by atoms with Crippen molar-refractivity contribution in [3.63, 3.8) is 0 Å². The monoisotopic (exact) mass is 252 g/mol. The van der Waals surface area contributed by atoms with Crippen LogP contribution >= 0.6 is 0 Å². The maximum atomic E-state index is 5.83. The van der Waals surface area contributed by atoms with Crippen molar-refractivity contribution in [2.45, 2.75) is 33.3 Å². The first-order chi connectivity index (χ1) is 8.61. The highest BCUT2D eigenvalue weighted by molar-refractivity contribution is 5.59. The minimum absolute atomic E-state index is 0.260. The quantitative estimate of drug-likeness (QED) is 0.552. The summed E-state index contributed by atoms with van der Waals surface area (Å²) in [5.74, 6) is 0.809. The lowest BCUT2D eigenvalue weighted by molar-refractivity contribution is 0.0870. The molecule has 0 spiro atoms. The molecule has 0 bridgehead atoms. The second-order valence-corrected chi connectivity index (χ2v) is 4.49. The average molecular weight is 252 g/mol.